The smallest absolute Gasteiger partial charge is 0.338 e. The van der Waals surface area contributed by atoms with E-state index in [4.69, 9.17) is 4.74 Å². The van der Waals surface area contributed by atoms with Gasteiger partial charge in [-0.3, -0.25) is 14.5 Å². The fourth-order valence-electron chi connectivity index (χ4n) is 4.19. The molecule has 29 heavy (non-hydrogen) atoms. The molecular weight excluding hydrogens is 374 g/mol. The van der Waals surface area contributed by atoms with Crippen molar-refractivity contribution in [3.05, 3.63) is 35.4 Å². The molecule has 2 fully saturated rings. The van der Waals surface area contributed by atoms with Crippen LogP contribution in [0.15, 0.2) is 24.3 Å². The molecule has 1 aromatic carbocycles. The van der Waals surface area contributed by atoms with Gasteiger partial charge in [0, 0.05) is 26.7 Å². The first kappa shape index (κ1) is 20.8. The van der Waals surface area contributed by atoms with Crippen LogP contribution in [0.2, 0.25) is 0 Å². The number of nitrogens with zero attached hydrogens (tertiary/aromatic N) is 3. The van der Waals surface area contributed by atoms with Gasteiger partial charge in [0.05, 0.1) is 18.2 Å². The summed E-state index contributed by atoms with van der Waals surface area (Å²) >= 11 is 0. The van der Waals surface area contributed by atoms with E-state index in [0.29, 0.717) is 32.5 Å². The van der Waals surface area contributed by atoms with Gasteiger partial charge in [-0.2, -0.15) is 0 Å². The van der Waals surface area contributed by atoms with Crippen LogP contribution in [0.3, 0.4) is 0 Å². The summed E-state index contributed by atoms with van der Waals surface area (Å²) in [6.07, 6.45) is 0.752. The molecule has 8 heteroatoms. The minimum absolute atomic E-state index is 0.204. The summed E-state index contributed by atoms with van der Waals surface area (Å²) in [5.74, 6) is -0.822. The number of hydrogen-bond acceptors (Lipinski definition) is 5. The summed E-state index contributed by atoms with van der Waals surface area (Å²) in [6.45, 7) is 5.16. The quantitative estimate of drug-likeness (QED) is 0.569. The van der Waals surface area contributed by atoms with E-state index in [0.717, 1.165) is 0 Å². The Hall–Kier alpha value is -2.90. The third-order valence-corrected chi connectivity index (χ3v) is 5.73. The summed E-state index contributed by atoms with van der Waals surface area (Å²) in [7, 11) is 2.79. The molecule has 0 aromatic heterocycles. The number of likely N-dealkylation sites (N-methyl/N-ethyl adjacent to an activating group) is 1. The Kier molecular flexibility index (Phi) is 5.64. The zero-order valence-corrected chi connectivity index (χ0v) is 17.3. The number of rotatable bonds is 4. The van der Waals surface area contributed by atoms with Crippen LogP contribution in [0, 0.1) is 5.92 Å². The number of carbonyl (C=O) groups excluding carboxylic acids is 4. The van der Waals surface area contributed by atoms with Gasteiger partial charge in [0.1, 0.15) is 5.54 Å². The maximum atomic E-state index is 13.1. The Labute approximate surface area is 170 Å². The minimum atomic E-state index is -0.894. The number of imide groups is 1. The maximum absolute atomic E-state index is 13.1. The molecule has 1 aromatic rings. The van der Waals surface area contributed by atoms with Crippen molar-refractivity contribution in [3.63, 3.8) is 0 Å². The maximum Gasteiger partial charge on any atom is 0.338 e. The second kappa shape index (κ2) is 7.85. The highest BCUT2D eigenvalue weighted by Crippen LogP contribution is 2.37. The van der Waals surface area contributed by atoms with Crippen LogP contribution in [0.25, 0.3) is 0 Å². The van der Waals surface area contributed by atoms with Crippen molar-refractivity contribution in [1.82, 2.24) is 14.7 Å². The highest BCUT2D eigenvalue weighted by molar-refractivity contribution is 6.08. The topological polar surface area (TPSA) is 87.2 Å². The normalized spacial score (nSPS) is 18.7. The fourth-order valence-corrected chi connectivity index (χ4v) is 4.19. The predicted octanol–water partition coefficient (Wildman–Crippen LogP) is 2.00. The molecule has 4 amide bonds. The SMILES string of the molecule is COC(=O)c1ccccc1C(=O)N1CCC2(CC1)C(=O)N(C)C(=O)N2CC(C)C. The minimum Gasteiger partial charge on any atom is -0.465 e. The first-order valence-corrected chi connectivity index (χ1v) is 9.79. The van der Waals surface area contributed by atoms with Crippen molar-refractivity contribution in [2.75, 3.05) is 33.8 Å². The molecule has 3 rings (SSSR count). The standard InChI is InChI=1S/C21H27N3O5/c1-14(2)13-24-20(28)22(3)19(27)21(24)9-11-23(12-10-21)17(25)15-7-5-6-8-16(15)18(26)29-4/h5-8,14H,9-13H2,1-4H3. The van der Waals surface area contributed by atoms with Crippen LogP contribution >= 0.6 is 0 Å². The number of carbonyl (C=O) groups is 4. The Morgan fingerprint density at radius 3 is 2.24 bits per heavy atom. The lowest BCUT2D eigenvalue weighted by atomic mass is 9.85. The van der Waals surface area contributed by atoms with Gasteiger partial charge < -0.3 is 14.5 Å². The number of urea groups is 1. The monoisotopic (exact) mass is 401 g/mol. The lowest BCUT2D eigenvalue weighted by Crippen LogP contribution is -2.58. The lowest BCUT2D eigenvalue weighted by Gasteiger charge is -2.42. The van der Waals surface area contributed by atoms with Crippen molar-refractivity contribution < 1.29 is 23.9 Å². The second-order valence-electron chi connectivity index (χ2n) is 8.01. The van der Waals surface area contributed by atoms with Crippen molar-refractivity contribution >= 4 is 23.8 Å². The van der Waals surface area contributed by atoms with E-state index in [-0.39, 0.29) is 34.9 Å². The van der Waals surface area contributed by atoms with Gasteiger partial charge in [-0.05, 0) is 30.9 Å². The van der Waals surface area contributed by atoms with E-state index in [2.05, 4.69) is 0 Å². The van der Waals surface area contributed by atoms with E-state index in [1.165, 1.54) is 19.1 Å². The van der Waals surface area contributed by atoms with Crippen molar-refractivity contribution in [2.45, 2.75) is 32.2 Å². The lowest BCUT2D eigenvalue weighted by molar-refractivity contribution is -0.134. The number of esters is 1. The molecule has 0 atom stereocenters. The zero-order valence-electron chi connectivity index (χ0n) is 17.3. The van der Waals surface area contributed by atoms with Gasteiger partial charge in [-0.25, -0.2) is 9.59 Å². The van der Waals surface area contributed by atoms with E-state index >= 15 is 0 Å². The second-order valence-corrected chi connectivity index (χ2v) is 8.01. The zero-order chi connectivity index (χ0) is 21.3. The molecule has 8 nitrogen and oxygen atoms in total. The largest absolute Gasteiger partial charge is 0.465 e. The number of hydrogen-bond donors (Lipinski definition) is 0. The highest BCUT2D eigenvalue weighted by atomic mass is 16.5. The molecule has 1 spiro atoms. The van der Waals surface area contributed by atoms with Gasteiger partial charge in [0.25, 0.3) is 11.8 Å². The van der Waals surface area contributed by atoms with Crippen LogP contribution in [-0.4, -0.2) is 77.8 Å². The van der Waals surface area contributed by atoms with Crippen LogP contribution in [0.4, 0.5) is 4.79 Å². The van der Waals surface area contributed by atoms with E-state index in [9.17, 15) is 19.2 Å². The van der Waals surface area contributed by atoms with Crippen LogP contribution < -0.4 is 0 Å². The molecule has 2 aliphatic rings. The van der Waals surface area contributed by atoms with Crippen molar-refractivity contribution in [2.24, 2.45) is 5.92 Å². The molecule has 0 saturated carbocycles. The molecule has 0 aliphatic carbocycles. The average Bonchev–Trinajstić information content (AvgIpc) is 2.89. The molecule has 0 unspecified atom stereocenters. The predicted molar refractivity (Wildman–Crippen MR) is 105 cm³/mol. The van der Waals surface area contributed by atoms with Crippen molar-refractivity contribution in [1.29, 1.82) is 0 Å². The van der Waals surface area contributed by atoms with Crippen molar-refractivity contribution in [3.8, 4) is 0 Å². The summed E-state index contributed by atoms with van der Waals surface area (Å²) < 4.78 is 4.78. The van der Waals surface area contributed by atoms with E-state index in [1.54, 1.807) is 34.1 Å². The number of benzene rings is 1. The van der Waals surface area contributed by atoms with Crippen LogP contribution in [0.5, 0.6) is 0 Å². The molecule has 0 bridgehead atoms. The number of methoxy groups -OCH3 is 1. The number of ether oxygens (including phenoxy) is 1. The van der Waals surface area contributed by atoms with Gasteiger partial charge in [0.2, 0.25) is 0 Å². The summed E-state index contributed by atoms with van der Waals surface area (Å²) in [6, 6.07) is 6.25. The fraction of sp³-hybridized carbons (Fsp3) is 0.524. The molecular formula is C21H27N3O5. The van der Waals surface area contributed by atoms with Gasteiger partial charge in [0.15, 0.2) is 0 Å². The third kappa shape index (κ3) is 3.47. The van der Waals surface area contributed by atoms with Crippen LogP contribution in [-0.2, 0) is 9.53 Å². The van der Waals surface area contributed by atoms with Gasteiger partial charge in [-0.1, -0.05) is 26.0 Å². The van der Waals surface area contributed by atoms with E-state index in [1.807, 2.05) is 13.8 Å². The summed E-state index contributed by atoms with van der Waals surface area (Å²) in [4.78, 5) is 55.1. The number of likely N-dealkylation sites (tertiary alicyclic amines) is 1. The molecule has 0 radical (unpaired) electrons. The third-order valence-electron chi connectivity index (χ3n) is 5.73. The van der Waals surface area contributed by atoms with Crippen LogP contribution in [0.1, 0.15) is 47.4 Å². The molecule has 2 aliphatic heterocycles. The molecule has 0 N–H and O–H groups in total. The highest BCUT2D eigenvalue weighted by Gasteiger charge is 2.57. The first-order valence-electron chi connectivity index (χ1n) is 9.79. The Morgan fingerprint density at radius 2 is 1.69 bits per heavy atom. The molecule has 2 saturated heterocycles. The average molecular weight is 401 g/mol. The Balaban J connectivity index is 1.81. The Morgan fingerprint density at radius 1 is 1.10 bits per heavy atom. The first-order chi connectivity index (χ1) is 13.7. The number of amides is 4. The summed E-state index contributed by atoms with van der Waals surface area (Å²) in [5, 5.41) is 0. The number of piperidine rings is 1. The Bertz CT molecular complexity index is 842. The van der Waals surface area contributed by atoms with E-state index < -0.39 is 11.5 Å². The van der Waals surface area contributed by atoms with Gasteiger partial charge in [-0.15, -0.1) is 0 Å². The molecule has 2 heterocycles. The molecule has 156 valence electrons. The summed E-state index contributed by atoms with van der Waals surface area (Å²) in [5.41, 5.74) is -0.400. The van der Waals surface area contributed by atoms with Gasteiger partial charge >= 0.3 is 12.0 Å².